The quantitative estimate of drug-likeness (QED) is 0.743. The molecule has 1 saturated carbocycles. The fourth-order valence-electron chi connectivity index (χ4n) is 2.84. The summed E-state index contributed by atoms with van der Waals surface area (Å²) in [4.78, 5) is 15.5. The van der Waals surface area contributed by atoms with Gasteiger partial charge in [-0.15, -0.1) is 0 Å². The van der Waals surface area contributed by atoms with Crippen molar-refractivity contribution in [1.82, 2.24) is 4.98 Å². The molecule has 1 aliphatic carbocycles. The summed E-state index contributed by atoms with van der Waals surface area (Å²) in [5.74, 6) is 0.487. The fraction of sp³-hybridized carbons (Fsp3) is 0.600. The van der Waals surface area contributed by atoms with E-state index in [0.29, 0.717) is 24.1 Å². The van der Waals surface area contributed by atoms with Gasteiger partial charge in [-0.1, -0.05) is 13.3 Å². The zero-order valence-electron chi connectivity index (χ0n) is 11.8. The fourth-order valence-corrected chi connectivity index (χ4v) is 2.84. The maximum absolute atomic E-state index is 11.1. The summed E-state index contributed by atoms with van der Waals surface area (Å²) in [6.45, 7) is 2.93. The number of hydrogen-bond donors (Lipinski definition) is 3. The second-order valence-corrected chi connectivity index (χ2v) is 5.41. The van der Waals surface area contributed by atoms with Crippen LogP contribution in [0.4, 0.5) is 5.82 Å². The summed E-state index contributed by atoms with van der Waals surface area (Å²) in [6.07, 6.45) is 4.04. The van der Waals surface area contributed by atoms with E-state index in [1.807, 2.05) is 6.92 Å². The predicted molar refractivity (Wildman–Crippen MR) is 77.0 cm³/mol. The highest BCUT2D eigenvalue weighted by molar-refractivity contribution is 5.88. The molecule has 0 spiro atoms. The molecule has 2 unspecified atom stereocenters. The summed E-state index contributed by atoms with van der Waals surface area (Å²) >= 11 is 0. The number of carbonyl (C=O) groups is 1. The van der Waals surface area contributed by atoms with Crippen LogP contribution in [0, 0.1) is 11.8 Å². The van der Waals surface area contributed by atoms with E-state index in [1.165, 1.54) is 0 Å². The molecule has 20 heavy (non-hydrogen) atoms. The van der Waals surface area contributed by atoms with Crippen molar-refractivity contribution < 1.29 is 15.0 Å². The zero-order valence-corrected chi connectivity index (χ0v) is 11.8. The first-order chi connectivity index (χ1) is 9.63. The topological polar surface area (TPSA) is 82.5 Å². The monoisotopic (exact) mass is 278 g/mol. The highest BCUT2D eigenvalue weighted by atomic mass is 16.4. The first kappa shape index (κ1) is 14.8. The number of aryl methyl sites for hydroxylation is 1. The summed E-state index contributed by atoms with van der Waals surface area (Å²) in [7, 11) is 0. The van der Waals surface area contributed by atoms with Crippen LogP contribution >= 0.6 is 0 Å². The van der Waals surface area contributed by atoms with Crippen LogP contribution in [0.15, 0.2) is 12.1 Å². The number of anilines is 1. The van der Waals surface area contributed by atoms with Crippen LogP contribution < -0.4 is 5.32 Å². The summed E-state index contributed by atoms with van der Waals surface area (Å²) in [6, 6.07) is 3.18. The summed E-state index contributed by atoms with van der Waals surface area (Å²) < 4.78 is 0. The second-order valence-electron chi connectivity index (χ2n) is 5.41. The van der Waals surface area contributed by atoms with Gasteiger partial charge in [-0.05, 0) is 43.2 Å². The van der Waals surface area contributed by atoms with Crippen LogP contribution in [0.1, 0.15) is 42.2 Å². The van der Waals surface area contributed by atoms with Crippen molar-refractivity contribution in [3.05, 3.63) is 23.4 Å². The van der Waals surface area contributed by atoms with Gasteiger partial charge in [0.2, 0.25) is 0 Å². The molecule has 0 bridgehead atoms. The molecule has 1 aliphatic rings. The molecule has 2 atom stereocenters. The molecule has 1 aromatic rings. The number of nitrogens with one attached hydrogen (secondary N) is 1. The third kappa shape index (κ3) is 3.48. The molecule has 0 saturated heterocycles. The number of pyridine rings is 1. The van der Waals surface area contributed by atoms with E-state index in [0.717, 1.165) is 31.5 Å². The Hall–Kier alpha value is -1.62. The molecule has 3 N–H and O–H groups in total. The lowest BCUT2D eigenvalue weighted by Crippen LogP contribution is -2.21. The molecule has 0 aliphatic heterocycles. The van der Waals surface area contributed by atoms with Gasteiger partial charge in [0.25, 0.3) is 0 Å². The van der Waals surface area contributed by atoms with Crippen molar-refractivity contribution in [3.8, 4) is 0 Å². The highest BCUT2D eigenvalue weighted by Gasteiger charge is 2.26. The highest BCUT2D eigenvalue weighted by Crippen LogP contribution is 2.31. The van der Waals surface area contributed by atoms with Crippen LogP contribution in [-0.2, 0) is 6.42 Å². The van der Waals surface area contributed by atoms with Gasteiger partial charge in [0, 0.05) is 18.8 Å². The minimum absolute atomic E-state index is 0.231. The number of hydrogen-bond acceptors (Lipinski definition) is 4. The van der Waals surface area contributed by atoms with E-state index < -0.39 is 5.97 Å². The van der Waals surface area contributed by atoms with E-state index in [1.54, 1.807) is 12.1 Å². The first-order valence-corrected chi connectivity index (χ1v) is 7.23. The lowest BCUT2D eigenvalue weighted by atomic mass is 9.97. The van der Waals surface area contributed by atoms with E-state index in [2.05, 4.69) is 10.3 Å². The van der Waals surface area contributed by atoms with Crippen molar-refractivity contribution in [1.29, 1.82) is 0 Å². The van der Waals surface area contributed by atoms with Crippen LogP contribution in [0.3, 0.4) is 0 Å². The molecule has 2 rings (SSSR count). The van der Waals surface area contributed by atoms with Gasteiger partial charge in [-0.3, -0.25) is 0 Å². The van der Waals surface area contributed by atoms with Crippen molar-refractivity contribution in [2.24, 2.45) is 11.8 Å². The zero-order chi connectivity index (χ0) is 14.5. The Morgan fingerprint density at radius 1 is 1.40 bits per heavy atom. The third-order valence-electron chi connectivity index (χ3n) is 4.08. The Labute approximate surface area is 119 Å². The van der Waals surface area contributed by atoms with Crippen LogP contribution in [0.5, 0.6) is 0 Å². The molecular weight excluding hydrogens is 256 g/mol. The van der Waals surface area contributed by atoms with Crippen molar-refractivity contribution in [2.45, 2.75) is 32.6 Å². The lowest BCUT2D eigenvalue weighted by molar-refractivity contribution is 0.0696. The average molecular weight is 278 g/mol. The van der Waals surface area contributed by atoms with Crippen molar-refractivity contribution in [3.63, 3.8) is 0 Å². The number of aliphatic hydroxyl groups excluding tert-OH is 1. The van der Waals surface area contributed by atoms with Crippen molar-refractivity contribution in [2.75, 3.05) is 18.5 Å². The van der Waals surface area contributed by atoms with Crippen LogP contribution in [0.2, 0.25) is 0 Å². The Balaban J connectivity index is 2.05. The number of aromatic nitrogens is 1. The van der Waals surface area contributed by atoms with E-state index >= 15 is 0 Å². The van der Waals surface area contributed by atoms with E-state index in [4.69, 9.17) is 5.11 Å². The van der Waals surface area contributed by atoms with Gasteiger partial charge in [0.1, 0.15) is 5.82 Å². The van der Waals surface area contributed by atoms with Gasteiger partial charge in [-0.2, -0.15) is 0 Å². The number of carboxylic acid groups (broad SMARTS) is 1. The van der Waals surface area contributed by atoms with Gasteiger partial charge in [-0.25, -0.2) is 9.78 Å². The molecule has 1 heterocycles. The molecule has 0 radical (unpaired) electrons. The molecule has 0 amide bonds. The third-order valence-corrected chi connectivity index (χ3v) is 4.08. The average Bonchev–Trinajstić information content (AvgIpc) is 2.92. The minimum Gasteiger partial charge on any atom is -0.478 e. The summed E-state index contributed by atoms with van der Waals surface area (Å²) in [5, 5.41) is 21.6. The number of carboxylic acids is 1. The Kier molecular flexibility index (Phi) is 4.95. The minimum atomic E-state index is -0.931. The number of aromatic carboxylic acids is 1. The number of rotatable bonds is 6. The van der Waals surface area contributed by atoms with Gasteiger partial charge >= 0.3 is 5.97 Å². The Bertz CT molecular complexity index is 476. The molecule has 5 nitrogen and oxygen atoms in total. The normalized spacial score (nSPS) is 21.9. The molecular formula is C15H22N2O3. The largest absolute Gasteiger partial charge is 0.478 e. The molecule has 5 heteroatoms. The van der Waals surface area contributed by atoms with E-state index in [9.17, 15) is 9.90 Å². The van der Waals surface area contributed by atoms with Crippen LogP contribution in [0.25, 0.3) is 0 Å². The Morgan fingerprint density at radius 2 is 2.15 bits per heavy atom. The summed E-state index contributed by atoms with van der Waals surface area (Å²) in [5.41, 5.74) is 1.04. The first-order valence-electron chi connectivity index (χ1n) is 7.23. The SMILES string of the molecule is CCc1cc(C(=O)O)cc(NCC2CCCC2CO)n1. The second kappa shape index (κ2) is 6.70. The maximum atomic E-state index is 11.1. The Morgan fingerprint density at radius 3 is 2.80 bits per heavy atom. The van der Waals surface area contributed by atoms with Crippen molar-refractivity contribution >= 4 is 11.8 Å². The number of aliphatic hydroxyl groups is 1. The standard InChI is InChI=1S/C15H22N2O3/c1-2-13-6-12(15(19)20)7-14(17-13)16-8-10-4-3-5-11(10)9-18/h6-7,10-11,18H,2-5,8-9H2,1H3,(H,16,17)(H,19,20). The number of nitrogens with zero attached hydrogens (tertiary/aromatic N) is 1. The maximum Gasteiger partial charge on any atom is 0.335 e. The van der Waals surface area contributed by atoms with Gasteiger partial charge in [0.05, 0.1) is 5.56 Å². The smallest absolute Gasteiger partial charge is 0.335 e. The molecule has 1 fully saturated rings. The molecule has 110 valence electrons. The van der Waals surface area contributed by atoms with Crippen LogP contribution in [-0.4, -0.2) is 34.3 Å². The van der Waals surface area contributed by atoms with Gasteiger partial charge < -0.3 is 15.5 Å². The predicted octanol–water partition coefficient (Wildman–Crippen LogP) is 2.16. The molecule has 1 aromatic heterocycles. The van der Waals surface area contributed by atoms with Gasteiger partial charge in [0.15, 0.2) is 0 Å². The molecule has 0 aromatic carbocycles. The lowest BCUT2D eigenvalue weighted by Gasteiger charge is -2.18. The van der Waals surface area contributed by atoms with E-state index in [-0.39, 0.29) is 12.2 Å².